The van der Waals surface area contributed by atoms with Gasteiger partial charge in [-0.25, -0.2) is 4.79 Å². The predicted molar refractivity (Wildman–Crippen MR) is 92.8 cm³/mol. The number of amides is 4. The minimum atomic E-state index is -0.943. The Bertz CT molecular complexity index is 645. The number of carbonyl (C=O) groups excluding carboxylic acids is 3. The van der Waals surface area contributed by atoms with Crippen molar-refractivity contribution in [1.82, 2.24) is 10.2 Å². The van der Waals surface area contributed by atoms with E-state index in [-0.39, 0.29) is 12.5 Å². The van der Waals surface area contributed by atoms with Crippen LogP contribution in [0.25, 0.3) is 0 Å². The number of carbonyl (C=O) groups is 3. The highest BCUT2D eigenvalue weighted by Crippen LogP contribution is 2.24. The molecule has 1 fully saturated rings. The molecule has 1 heterocycles. The molecule has 0 aromatic heterocycles. The average molecular weight is 352 g/mol. The van der Waals surface area contributed by atoms with E-state index in [0.717, 1.165) is 11.3 Å². The highest BCUT2D eigenvalue weighted by atomic mass is 35.5. The van der Waals surface area contributed by atoms with Crippen LogP contribution in [0.1, 0.15) is 33.6 Å². The van der Waals surface area contributed by atoms with Crippen molar-refractivity contribution in [3.63, 3.8) is 0 Å². The van der Waals surface area contributed by atoms with Crippen molar-refractivity contribution in [1.29, 1.82) is 0 Å². The summed E-state index contributed by atoms with van der Waals surface area (Å²) in [5.41, 5.74) is -0.388. The van der Waals surface area contributed by atoms with Gasteiger partial charge >= 0.3 is 6.03 Å². The number of nitrogens with zero attached hydrogens (tertiary/aromatic N) is 1. The maximum atomic E-state index is 12.5. The predicted octanol–water partition coefficient (Wildman–Crippen LogP) is 3.03. The summed E-state index contributed by atoms with van der Waals surface area (Å²) < 4.78 is 0. The van der Waals surface area contributed by atoms with Gasteiger partial charge in [0.25, 0.3) is 5.91 Å². The molecule has 6 nitrogen and oxygen atoms in total. The van der Waals surface area contributed by atoms with E-state index in [4.69, 9.17) is 11.6 Å². The summed E-state index contributed by atoms with van der Waals surface area (Å²) in [5.74, 6) is -0.373. The molecule has 4 amide bonds. The molecule has 1 aromatic rings. The number of urea groups is 1. The van der Waals surface area contributed by atoms with E-state index in [1.165, 1.54) is 0 Å². The van der Waals surface area contributed by atoms with Gasteiger partial charge in [0.05, 0.1) is 0 Å². The van der Waals surface area contributed by atoms with Crippen LogP contribution in [0.2, 0.25) is 5.02 Å². The summed E-state index contributed by atoms with van der Waals surface area (Å²) in [6.45, 7) is 5.50. The van der Waals surface area contributed by atoms with Crippen molar-refractivity contribution in [3.05, 3.63) is 29.3 Å². The van der Waals surface area contributed by atoms with Crippen molar-refractivity contribution >= 4 is 35.1 Å². The van der Waals surface area contributed by atoms with Crippen LogP contribution in [0, 0.1) is 5.92 Å². The summed E-state index contributed by atoms with van der Waals surface area (Å²) in [4.78, 5) is 37.7. The van der Waals surface area contributed by atoms with Crippen LogP contribution in [0.4, 0.5) is 10.5 Å². The minimum Gasteiger partial charge on any atom is -0.325 e. The van der Waals surface area contributed by atoms with Crippen LogP contribution >= 0.6 is 11.6 Å². The van der Waals surface area contributed by atoms with Gasteiger partial charge in [-0.05, 0) is 49.9 Å². The topological polar surface area (TPSA) is 78.5 Å². The zero-order chi connectivity index (χ0) is 17.9. The molecule has 2 N–H and O–H groups in total. The van der Waals surface area contributed by atoms with Gasteiger partial charge in [0.15, 0.2) is 0 Å². The van der Waals surface area contributed by atoms with Crippen molar-refractivity contribution in [2.45, 2.75) is 39.2 Å². The average Bonchev–Trinajstić information content (AvgIpc) is 2.72. The van der Waals surface area contributed by atoms with Crippen molar-refractivity contribution in [2.75, 3.05) is 11.9 Å². The van der Waals surface area contributed by atoms with E-state index in [1.807, 2.05) is 0 Å². The van der Waals surface area contributed by atoms with Gasteiger partial charge in [-0.15, -0.1) is 0 Å². The fourth-order valence-electron chi connectivity index (χ4n) is 2.51. The molecule has 1 aromatic carbocycles. The van der Waals surface area contributed by atoms with E-state index in [0.29, 0.717) is 23.0 Å². The molecule has 130 valence electrons. The fourth-order valence-corrected chi connectivity index (χ4v) is 2.64. The molecule has 0 bridgehead atoms. The SMILES string of the molecule is CC(C)CCC1(C)NC(=O)N(CC(=O)Nc2ccc(Cl)cc2)C1=O. The van der Waals surface area contributed by atoms with Gasteiger partial charge in [0, 0.05) is 10.7 Å². The van der Waals surface area contributed by atoms with Crippen LogP contribution in [0.15, 0.2) is 24.3 Å². The molecule has 1 unspecified atom stereocenters. The lowest BCUT2D eigenvalue weighted by Gasteiger charge is -2.22. The maximum Gasteiger partial charge on any atom is 0.325 e. The largest absolute Gasteiger partial charge is 0.325 e. The van der Waals surface area contributed by atoms with Crippen molar-refractivity contribution in [3.8, 4) is 0 Å². The second-order valence-electron chi connectivity index (χ2n) is 6.64. The molecule has 0 radical (unpaired) electrons. The summed E-state index contributed by atoms with van der Waals surface area (Å²) in [5, 5.41) is 5.90. The highest BCUT2D eigenvalue weighted by Gasteiger charge is 2.47. The first-order valence-electron chi connectivity index (χ1n) is 7.91. The Morgan fingerprint density at radius 2 is 1.92 bits per heavy atom. The molecule has 1 atom stereocenters. The standard InChI is InChI=1S/C17H22ClN3O3/c1-11(2)8-9-17(3)15(23)21(16(24)20-17)10-14(22)19-13-6-4-12(18)5-7-13/h4-7,11H,8-10H2,1-3H3,(H,19,22)(H,20,24). The molecule has 24 heavy (non-hydrogen) atoms. The van der Waals surface area contributed by atoms with Crippen LogP contribution in [0.5, 0.6) is 0 Å². The van der Waals surface area contributed by atoms with Gasteiger partial charge in [0.2, 0.25) is 5.91 Å². The van der Waals surface area contributed by atoms with Gasteiger partial charge in [-0.3, -0.25) is 14.5 Å². The molecule has 0 spiro atoms. The number of imide groups is 1. The smallest absolute Gasteiger partial charge is 0.325 e. The molecule has 1 aliphatic heterocycles. The second-order valence-corrected chi connectivity index (χ2v) is 7.08. The Morgan fingerprint density at radius 3 is 2.50 bits per heavy atom. The molecule has 7 heteroatoms. The number of rotatable bonds is 6. The van der Waals surface area contributed by atoms with Crippen LogP contribution < -0.4 is 10.6 Å². The van der Waals surface area contributed by atoms with Crippen LogP contribution in [-0.2, 0) is 9.59 Å². The van der Waals surface area contributed by atoms with Gasteiger partial charge in [-0.1, -0.05) is 25.4 Å². The van der Waals surface area contributed by atoms with E-state index in [2.05, 4.69) is 24.5 Å². The molecule has 2 rings (SSSR count). The first-order valence-corrected chi connectivity index (χ1v) is 8.28. The summed E-state index contributed by atoms with van der Waals surface area (Å²) in [6.07, 6.45) is 1.36. The maximum absolute atomic E-state index is 12.5. The van der Waals surface area contributed by atoms with E-state index < -0.39 is 17.5 Å². The molecule has 0 saturated carbocycles. The second kappa shape index (κ2) is 7.21. The Balaban J connectivity index is 1.98. The van der Waals surface area contributed by atoms with Gasteiger partial charge in [0.1, 0.15) is 12.1 Å². The number of halogens is 1. The van der Waals surface area contributed by atoms with Crippen molar-refractivity contribution in [2.24, 2.45) is 5.92 Å². The Hall–Kier alpha value is -2.08. The normalized spacial score (nSPS) is 20.5. The Morgan fingerprint density at radius 1 is 1.29 bits per heavy atom. The third kappa shape index (κ3) is 4.26. The summed E-state index contributed by atoms with van der Waals surface area (Å²) in [7, 11) is 0. The van der Waals surface area contributed by atoms with Crippen molar-refractivity contribution < 1.29 is 14.4 Å². The lowest BCUT2D eigenvalue weighted by molar-refractivity contribution is -0.133. The number of hydrogen-bond donors (Lipinski definition) is 2. The molecule has 0 aliphatic carbocycles. The summed E-state index contributed by atoms with van der Waals surface area (Å²) >= 11 is 5.79. The number of nitrogens with one attached hydrogen (secondary N) is 2. The van der Waals surface area contributed by atoms with Gasteiger partial charge < -0.3 is 10.6 Å². The minimum absolute atomic E-state index is 0.315. The first kappa shape index (κ1) is 18.3. The third-order valence-corrected chi connectivity index (χ3v) is 4.25. The Kier molecular flexibility index (Phi) is 5.49. The zero-order valence-corrected chi connectivity index (χ0v) is 14.8. The monoisotopic (exact) mass is 351 g/mol. The molecule has 1 saturated heterocycles. The Labute approximate surface area is 146 Å². The number of anilines is 1. The molecule has 1 aliphatic rings. The van der Waals surface area contributed by atoms with E-state index >= 15 is 0 Å². The van der Waals surface area contributed by atoms with Gasteiger partial charge in [-0.2, -0.15) is 0 Å². The quantitative estimate of drug-likeness (QED) is 0.773. The third-order valence-electron chi connectivity index (χ3n) is 4.00. The van der Waals surface area contributed by atoms with E-state index in [1.54, 1.807) is 31.2 Å². The summed E-state index contributed by atoms with van der Waals surface area (Å²) in [6, 6.07) is 6.07. The van der Waals surface area contributed by atoms with Crippen LogP contribution in [0.3, 0.4) is 0 Å². The molecular formula is C17H22ClN3O3. The fraction of sp³-hybridized carbons (Fsp3) is 0.471. The van der Waals surface area contributed by atoms with Crippen LogP contribution in [-0.4, -0.2) is 34.8 Å². The molecular weight excluding hydrogens is 330 g/mol. The highest BCUT2D eigenvalue weighted by molar-refractivity contribution is 6.30. The first-order chi connectivity index (χ1) is 11.2. The zero-order valence-electron chi connectivity index (χ0n) is 14.1. The lowest BCUT2D eigenvalue weighted by atomic mass is 9.92. The van der Waals surface area contributed by atoms with E-state index in [9.17, 15) is 14.4 Å². The number of hydrogen-bond acceptors (Lipinski definition) is 3. The lowest BCUT2D eigenvalue weighted by Crippen LogP contribution is -2.44. The number of benzene rings is 1.